The zero-order valence-electron chi connectivity index (χ0n) is 20.9. The van der Waals surface area contributed by atoms with Crippen molar-refractivity contribution in [3.8, 4) is 5.88 Å². The molecule has 5 aliphatic rings. The molecule has 1 saturated heterocycles. The van der Waals surface area contributed by atoms with E-state index < -0.39 is 11.6 Å². The first-order valence-corrected chi connectivity index (χ1v) is 13.3. The van der Waals surface area contributed by atoms with E-state index in [1.165, 1.54) is 0 Å². The highest BCUT2D eigenvalue weighted by Gasteiger charge is 2.55. The van der Waals surface area contributed by atoms with Gasteiger partial charge in [0.1, 0.15) is 11.4 Å². The predicted octanol–water partition coefficient (Wildman–Crippen LogP) is 3.48. The molecule has 1 aliphatic heterocycles. The van der Waals surface area contributed by atoms with Crippen LogP contribution in [0.25, 0.3) is 0 Å². The van der Waals surface area contributed by atoms with Crippen LogP contribution < -0.4 is 15.0 Å². The van der Waals surface area contributed by atoms with Gasteiger partial charge in [0.15, 0.2) is 0 Å². The molecule has 5 fully saturated rings. The van der Waals surface area contributed by atoms with E-state index in [4.69, 9.17) is 14.8 Å². The number of aliphatic hydroxyl groups is 1. The minimum atomic E-state index is -0.772. The summed E-state index contributed by atoms with van der Waals surface area (Å²) in [5.41, 5.74) is -0.0772. The Kier molecular flexibility index (Phi) is 6.68. The Morgan fingerprint density at radius 1 is 1.23 bits per heavy atom. The van der Waals surface area contributed by atoms with Gasteiger partial charge in [-0.05, 0) is 86.7 Å². The molecule has 1 amide bonds. The minimum absolute atomic E-state index is 0.0953. The maximum Gasteiger partial charge on any atom is 0.303 e. The summed E-state index contributed by atoms with van der Waals surface area (Å²) in [5, 5.41) is 23.3. The first-order valence-electron chi connectivity index (χ1n) is 13.3. The zero-order chi connectivity index (χ0) is 24.7. The van der Waals surface area contributed by atoms with Crippen LogP contribution in [0.5, 0.6) is 5.88 Å². The van der Waals surface area contributed by atoms with Crippen LogP contribution in [0.15, 0.2) is 12.1 Å². The average molecular weight is 486 g/mol. The van der Waals surface area contributed by atoms with Crippen molar-refractivity contribution in [2.45, 2.75) is 76.9 Å². The Morgan fingerprint density at radius 3 is 2.63 bits per heavy atom. The Morgan fingerprint density at radius 2 is 1.97 bits per heavy atom. The number of anilines is 1. The van der Waals surface area contributed by atoms with Crippen molar-refractivity contribution in [2.24, 2.45) is 29.6 Å². The number of hydrogen-bond donors (Lipinski definition) is 3. The molecule has 1 aromatic rings. The first-order chi connectivity index (χ1) is 16.7. The quantitative estimate of drug-likeness (QED) is 0.491. The Labute approximate surface area is 207 Å². The van der Waals surface area contributed by atoms with E-state index in [-0.39, 0.29) is 24.3 Å². The molecule has 4 saturated carbocycles. The van der Waals surface area contributed by atoms with Gasteiger partial charge in [-0.1, -0.05) is 13.8 Å². The number of carboxylic acids is 1. The number of aliphatic carboxylic acids is 1. The lowest BCUT2D eigenvalue weighted by atomic mass is 9.52. The number of hydrogen-bond acceptors (Lipinski definition) is 6. The molecule has 192 valence electrons. The maximum atomic E-state index is 13.5. The van der Waals surface area contributed by atoms with Crippen LogP contribution in [-0.4, -0.2) is 58.4 Å². The van der Waals surface area contributed by atoms with Crippen molar-refractivity contribution in [3.05, 3.63) is 17.7 Å². The number of pyridine rings is 1. The van der Waals surface area contributed by atoms with Crippen LogP contribution in [0, 0.1) is 29.6 Å². The van der Waals surface area contributed by atoms with Crippen LogP contribution in [0.3, 0.4) is 0 Å². The lowest BCUT2D eigenvalue weighted by molar-refractivity contribution is -0.138. The summed E-state index contributed by atoms with van der Waals surface area (Å²) in [6, 6.07) is 3.75. The molecule has 4 aliphatic carbocycles. The molecule has 4 bridgehead atoms. The summed E-state index contributed by atoms with van der Waals surface area (Å²) in [4.78, 5) is 31.4. The van der Waals surface area contributed by atoms with Crippen molar-refractivity contribution >= 4 is 17.7 Å². The molecule has 3 N–H and O–H groups in total. The number of nitrogens with zero attached hydrogens (tertiary/aromatic N) is 2. The fourth-order valence-electron chi connectivity index (χ4n) is 7.18. The summed E-state index contributed by atoms with van der Waals surface area (Å²) >= 11 is 0. The van der Waals surface area contributed by atoms with Crippen LogP contribution >= 0.6 is 0 Å². The maximum absolute atomic E-state index is 13.5. The van der Waals surface area contributed by atoms with Crippen molar-refractivity contribution < 1.29 is 24.5 Å². The third kappa shape index (κ3) is 5.27. The van der Waals surface area contributed by atoms with Crippen molar-refractivity contribution in [1.29, 1.82) is 0 Å². The lowest BCUT2D eigenvalue weighted by Crippen LogP contribution is -2.61. The van der Waals surface area contributed by atoms with Gasteiger partial charge in [0.25, 0.3) is 5.91 Å². The minimum Gasteiger partial charge on any atom is -0.481 e. The molecule has 0 aromatic carbocycles. The van der Waals surface area contributed by atoms with E-state index in [2.05, 4.69) is 24.1 Å². The van der Waals surface area contributed by atoms with Crippen molar-refractivity contribution in [3.63, 3.8) is 0 Å². The highest BCUT2D eigenvalue weighted by Crippen LogP contribution is 2.55. The van der Waals surface area contributed by atoms with Gasteiger partial charge in [0, 0.05) is 25.6 Å². The molecule has 8 nitrogen and oxygen atoms in total. The van der Waals surface area contributed by atoms with Crippen molar-refractivity contribution in [2.75, 3.05) is 24.6 Å². The third-order valence-corrected chi connectivity index (χ3v) is 8.64. The zero-order valence-corrected chi connectivity index (χ0v) is 20.9. The SMILES string of the molecule is CC(C)CCOc1nc(N2CC[C@H](CC(=O)O)C2)ccc1C(=O)NC1C2CC3CC1CC(O)(C3)C2. The van der Waals surface area contributed by atoms with Crippen LogP contribution in [0.1, 0.15) is 75.6 Å². The van der Waals surface area contributed by atoms with Gasteiger partial charge in [-0.25, -0.2) is 0 Å². The van der Waals surface area contributed by atoms with E-state index in [0.29, 0.717) is 48.3 Å². The van der Waals surface area contributed by atoms with E-state index >= 15 is 0 Å². The van der Waals surface area contributed by atoms with Gasteiger partial charge < -0.3 is 25.2 Å². The second kappa shape index (κ2) is 9.60. The van der Waals surface area contributed by atoms with Gasteiger partial charge >= 0.3 is 5.97 Å². The fourth-order valence-corrected chi connectivity index (χ4v) is 7.18. The number of aromatic nitrogens is 1. The van der Waals surface area contributed by atoms with Crippen LogP contribution in [-0.2, 0) is 4.79 Å². The van der Waals surface area contributed by atoms with Crippen LogP contribution in [0.2, 0.25) is 0 Å². The molecule has 3 atom stereocenters. The molecule has 1 aromatic heterocycles. The number of amides is 1. The Balaban J connectivity index is 1.31. The molecule has 6 rings (SSSR count). The molecule has 0 spiro atoms. The van der Waals surface area contributed by atoms with Gasteiger partial charge in [0.2, 0.25) is 5.88 Å². The summed E-state index contributed by atoms with van der Waals surface area (Å²) in [7, 11) is 0. The highest BCUT2D eigenvalue weighted by atomic mass is 16.5. The number of rotatable bonds is 9. The molecule has 8 heteroatoms. The monoisotopic (exact) mass is 485 g/mol. The molecule has 2 unspecified atom stereocenters. The molecule has 0 radical (unpaired) electrons. The van der Waals surface area contributed by atoms with E-state index in [1.54, 1.807) is 6.07 Å². The van der Waals surface area contributed by atoms with Gasteiger partial charge in [-0.15, -0.1) is 0 Å². The number of ether oxygens (including phenoxy) is 1. The Bertz CT molecular complexity index is 950. The molecule has 2 heterocycles. The van der Waals surface area contributed by atoms with Crippen LogP contribution in [0.4, 0.5) is 5.82 Å². The average Bonchev–Trinajstić information content (AvgIpc) is 3.22. The van der Waals surface area contributed by atoms with Gasteiger partial charge in [-0.2, -0.15) is 4.98 Å². The summed E-state index contributed by atoms with van der Waals surface area (Å²) in [6.07, 6.45) is 6.51. The standard InChI is InChI=1S/C27H39N3O5/c1-16(2)6-8-35-26-21(3-4-22(28-26)30-7-5-17(15-30)11-23(31)32)25(33)29-24-19-9-18-10-20(24)14-27(34,12-18)13-19/h3-4,16-20,24,34H,5-15H2,1-2H3,(H,29,33)(H,31,32)/t17-,18?,19?,20?,24?,27?/m1/s1. The fraction of sp³-hybridized carbons (Fsp3) is 0.741. The Hall–Kier alpha value is -2.35. The van der Waals surface area contributed by atoms with Gasteiger partial charge in [-0.3, -0.25) is 9.59 Å². The lowest BCUT2D eigenvalue weighted by Gasteiger charge is -2.58. The van der Waals surface area contributed by atoms with E-state index in [1.807, 2.05) is 6.07 Å². The molecular formula is C27H39N3O5. The highest BCUT2D eigenvalue weighted by molar-refractivity contribution is 5.97. The summed E-state index contributed by atoms with van der Waals surface area (Å²) in [6.45, 7) is 6.14. The normalized spacial score (nSPS) is 33.4. The predicted molar refractivity (Wildman–Crippen MR) is 132 cm³/mol. The van der Waals surface area contributed by atoms with E-state index in [9.17, 15) is 14.7 Å². The second-order valence-corrected chi connectivity index (χ2v) is 11.9. The number of nitrogens with one attached hydrogen (secondary N) is 1. The third-order valence-electron chi connectivity index (χ3n) is 8.64. The second-order valence-electron chi connectivity index (χ2n) is 11.9. The number of carbonyl (C=O) groups excluding carboxylic acids is 1. The smallest absolute Gasteiger partial charge is 0.303 e. The summed E-state index contributed by atoms with van der Waals surface area (Å²) in [5.74, 6) is 2.00. The van der Waals surface area contributed by atoms with Crippen molar-refractivity contribution in [1.82, 2.24) is 10.3 Å². The number of carboxylic acid groups (broad SMARTS) is 1. The molecule has 35 heavy (non-hydrogen) atoms. The topological polar surface area (TPSA) is 112 Å². The molecular weight excluding hydrogens is 446 g/mol. The number of carbonyl (C=O) groups is 2. The summed E-state index contributed by atoms with van der Waals surface area (Å²) < 4.78 is 6.05. The first kappa shape index (κ1) is 24.3. The van der Waals surface area contributed by atoms with Gasteiger partial charge in [0.05, 0.1) is 12.2 Å². The van der Waals surface area contributed by atoms with E-state index in [0.717, 1.165) is 57.3 Å². The largest absolute Gasteiger partial charge is 0.481 e.